The van der Waals surface area contributed by atoms with Gasteiger partial charge >= 0.3 is 6.03 Å². The highest BCUT2D eigenvalue weighted by molar-refractivity contribution is 5.73. The summed E-state index contributed by atoms with van der Waals surface area (Å²) in [7, 11) is 1.46. The molecule has 1 aliphatic carbocycles. The maximum Gasteiger partial charge on any atom is 0.315 e. The Kier molecular flexibility index (Phi) is 4.44. The van der Waals surface area contributed by atoms with Crippen LogP contribution < -0.4 is 15.4 Å². The van der Waals surface area contributed by atoms with Crippen LogP contribution in [0.5, 0.6) is 5.75 Å². The number of aliphatic hydroxyl groups is 1. The summed E-state index contributed by atoms with van der Waals surface area (Å²) in [6, 6.07) is 3.88. The molecular formula is C14H19FN2O3. The maximum absolute atomic E-state index is 13.3. The van der Waals surface area contributed by atoms with Gasteiger partial charge in [-0.3, -0.25) is 0 Å². The van der Waals surface area contributed by atoms with Crippen LogP contribution in [-0.4, -0.2) is 30.4 Å². The van der Waals surface area contributed by atoms with E-state index in [1.807, 2.05) is 0 Å². The Bertz CT molecular complexity index is 489. The molecule has 0 atom stereocenters. The SMILES string of the molecule is COc1cc(F)cc(CNC(=O)NCC2(O)CCC2)c1. The fraction of sp³-hybridized carbons (Fsp3) is 0.500. The van der Waals surface area contributed by atoms with E-state index >= 15 is 0 Å². The molecule has 0 spiro atoms. The second kappa shape index (κ2) is 6.09. The van der Waals surface area contributed by atoms with Crippen molar-refractivity contribution in [1.82, 2.24) is 10.6 Å². The van der Waals surface area contributed by atoms with Crippen LogP contribution in [0.4, 0.5) is 9.18 Å². The molecular weight excluding hydrogens is 263 g/mol. The van der Waals surface area contributed by atoms with Crippen molar-refractivity contribution in [2.45, 2.75) is 31.4 Å². The molecule has 0 aliphatic heterocycles. The molecule has 1 saturated carbocycles. The lowest BCUT2D eigenvalue weighted by atomic mass is 9.80. The number of hydrogen-bond donors (Lipinski definition) is 3. The lowest BCUT2D eigenvalue weighted by Crippen LogP contribution is -2.49. The number of carbonyl (C=O) groups is 1. The minimum absolute atomic E-state index is 0.193. The van der Waals surface area contributed by atoms with E-state index in [0.29, 0.717) is 24.2 Å². The number of hydrogen-bond acceptors (Lipinski definition) is 3. The normalized spacial score (nSPS) is 16.1. The standard InChI is InChI=1S/C14H19FN2O3/c1-20-12-6-10(5-11(15)7-12)8-16-13(18)17-9-14(19)3-2-4-14/h5-7,19H,2-4,8-9H2,1H3,(H2,16,17,18). The molecule has 1 aromatic carbocycles. The highest BCUT2D eigenvalue weighted by Crippen LogP contribution is 2.30. The summed E-state index contributed by atoms with van der Waals surface area (Å²) in [5, 5.41) is 15.1. The number of amides is 2. The van der Waals surface area contributed by atoms with E-state index in [4.69, 9.17) is 4.74 Å². The lowest BCUT2D eigenvalue weighted by molar-refractivity contribution is -0.0290. The molecule has 110 valence electrons. The molecule has 3 N–H and O–H groups in total. The van der Waals surface area contributed by atoms with Gasteiger partial charge in [0.15, 0.2) is 0 Å². The molecule has 2 amide bonds. The summed E-state index contributed by atoms with van der Waals surface area (Å²) in [6.45, 7) is 0.434. The van der Waals surface area contributed by atoms with Crippen molar-refractivity contribution in [2.75, 3.05) is 13.7 Å². The number of urea groups is 1. The van der Waals surface area contributed by atoms with Crippen molar-refractivity contribution < 1.29 is 19.0 Å². The fourth-order valence-electron chi connectivity index (χ4n) is 2.09. The zero-order valence-corrected chi connectivity index (χ0v) is 11.4. The average Bonchev–Trinajstić information content (AvgIpc) is 2.40. The summed E-state index contributed by atoms with van der Waals surface area (Å²) < 4.78 is 18.2. The third-order valence-electron chi connectivity index (χ3n) is 3.48. The maximum atomic E-state index is 13.3. The van der Waals surface area contributed by atoms with E-state index < -0.39 is 11.4 Å². The van der Waals surface area contributed by atoms with Crippen LogP contribution in [0, 0.1) is 5.82 Å². The largest absolute Gasteiger partial charge is 0.497 e. The van der Waals surface area contributed by atoms with E-state index in [1.165, 1.54) is 19.2 Å². The number of benzene rings is 1. The first-order valence-electron chi connectivity index (χ1n) is 6.58. The molecule has 20 heavy (non-hydrogen) atoms. The zero-order valence-electron chi connectivity index (χ0n) is 11.4. The third-order valence-corrected chi connectivity index (χ3v) is 3.48. The van der Waals surface area contributed by atoms with Gasteiger partial charge < -0.3 is 20.5 Å². The van der Waals surface area contributed by atoms with Crippen LogP contribution in [0.3, 0.4) is 0 Å². The topological polar surface area (TPSA) is 70.6 Å². The van der Waals surface area contributed by atoms with Gasteiger partial charge in [0.25, 0.3) is 0 Å². The van der Waals surface area contributed by atoms with Crippen LogP contribution in [-0.2, 0) is 6.54 Å². The van der Waals surface area contributed by atoms with Gasteiger partial charge in [-0.25, -0.2) is 9.18 Å². The number of rotatable bonds is 5. The van der Waals surface area contributed by atoms with E-state index in [-0.39, 0.29) is 19.1 Å². The first kappa shape index (κ1) is 14.6. The highest BCUT2D eigenvalue weighted by Gasteiger charge is 2.34. The smallest absolute Gasteiger partial charge is 0.315 e. The van der Waals surface area contributed by atoms with Gasteiger partial charge in [-0.15, -0.1) is 0 Å². The van der Waals surface area contributed by atoms with Crippen molar-refractivity contribution in [1.29, 1.82) is 0 Å². The Morgan fingerprint density at radius 3 is 2.75 bits per heavy atom. The molecule has 0 saturated heterocycles. The summed E-state index contributed by atoms with van der Waals surface area (Å²) in [5.41, 5.74) is -0.140. The molecule has 6 heteroatoms. The van der Waals surface area contributed by atoms with E-state index in [2.05, 4.69) is 10.6 Å². The molecule has 0 unspecified atom stereocenters. The van der Waals surface area contributed by atoms with Crippen LogP contribution >= 0.6 is 0 Å². The summed E-state index contributed by atoms with van der Waals surface area (Å²) in [4.78, 5) is 11.6. The molecule has 1 aliphatic rings. The second-order valence-electron chi connectivity index (χ2n) is 5.11. The summed E-state index contributed by atoms with van der Waals surface area (Å²) in [5.74, 6) is -0.00340. The first-order valence-corrected chi connectivity index (χ1v) is 6.58. The fourth-order valence-corrected chi connectivity index (χ4v) is 2.09. The van der Waals surface area contributed by atoms with E-state index in [9.17, 15) is 14.3 Å². The Morgan fingerprint density at radius 1 is 1.40 bits per heavy atom. The predicted molar refractivity (Wildman–Crippen MR) is 72.0 cm³/mol. The van der Waals surface area contributed by atoms with Crippen LogP contribution in [0.15, 0.2) is 18.2 Å². The number of methoxy groups -OCH3 is 1. The van der Waals surface area contributed by atoms with Gasteiger partial charge in [0.05, 0.1) is 12.7 Å². The Labute approximate surface area is 117 Å². The highest BCUT2D eigenvalue weighted by atomic mass is 19.1. The van der Waals surface area contributed by atoms with E-state index in [1.54, 1.807) is 6.07 Å². The van der Waals surface area contributed by atoms with Gasteiger partial charge in [-0.2, -0.15) is 0 Å². The summed E-state index contributed by atoms with van der Waals surface area (Å²) >= 11 is 0. The first-order chi connectivity index (χ1) is 9.50. The molecule has 1 aromatic rings. The zero-order chi connectivity index (χ0) is 14.6. The minimum atomic E-state index is -0.751. The molecule has 1 fully saturated rings. The number of halogens is 1. The summed E-state index contributed by atoms with van der Waals surface area (Å²) in [6.07, 6.45) is 2.42. The third kappa shape index (κ3) is 3.84. The predicted octanol–water partition coefficient (Wildman–Crippen LogP) is 1.55. The molecule has 0 aromatic heterocycles. The van der Waals surface area contributed by atoms with Gasteiger partial charge in [-0.1, -0.05) is 0 Å². The van der Waals surface area contributed by atoms with Crippen LogP contribution in [0.25, 0.3) is 0 Å². The second-order valence-corrected chi connectivity index (χ2v) is 5.11. The Morgan fingerprint density at radius 2 is 2.15 bits per heavy atom. The molecule has 2 rings (SSSR count). The Hall–Kier alpha value is -1.82. The monoisotopic (exact) mass is 282 g/mol. The number of ether oxygens (including phenoxy) is 1. The lowest BCUT2D eigenvalue weighted by Gasteiger charge is -2.36. The van der Waals surface area contributed by atoms with Crippen molar-refractivity contribution in [3.05, 3.63) is 29.6 Å². The number of nitrogens with one attached hydrogen (secondary N) is 2. The minimum Gasteiger partial charge on any atom is -0.497 e. The van der Waals surface area contributed by atoms with Crippen molar-refractivity contribution in [3.63, 3.8) is 0 Å². The Balaban J connectivity index is 1.79. The van der Waals surface area contributed by atoms with Gasteiger partial charge in [0.2, 0.25) is 0 Å². The number of carbonyl (C=O) groups excluding carboxylic acids is 1. The van der Waals surface area contributed by atoms with E-state index in [0.717, 1.165) is 6.42 Å². The van der Waals surface area contributed by atoms with Crippen molar-refractivity contribution >= 4 is 6.03 Å². The van der Waals surface area contributed by atoms with Gasteiger partial charge in [-0.05, 0) is 37.0 Å². The van der Waals surface area contributed by atoms with Crippen molar-refractivity contribution in [2.24, 2.45) is 0 Å². The quantitative estimate of drug-likeness (QED) is 0.767. The molecule has 0 radical (unpaired) electrons. The molecule has 0 bridgehead atoms. The van der Waals surface area contributed by atoms with Crippen molar-refractivity contribution in [3.8, 4) is 5.75 Å². The average molecular weight is 282 g/mol. The van der Waals surface area contributed by atoms with Crippen LogP contribution in [0.2, 0.25) is 0 Å². The molecule has 0 heterocycles. The molecule has 5 nitrogen and oxygen atoms in total. The van der Waals surface area contributed by atoms with Crippen LogP contribution in [0.1, 0.15) is 24.8 Å². The van der Waals surface area contributed by atoms with Gasteiger partial charge in [0, 0.05) is 19.2 Å². The van der Waals surface area contributed by atoms with Gasteiger partial charge in [0.1, 0.15) is 11.6 Å².